The first-order chi connectivity index (χ1) is 7.68. The van der Waals surface area contributed by atoms with Crippen molar-refractivity contribution in [1.82, 2.24) is 5.32 Å². The van der Waals surface area contributed by atoms with Crippen LogP contribution in [0.5, 0.6) is 0 Å². The predicted octanol–water partition coefficient (Wildman–Crippen LogP) is 2.29. The van der Waals surface area contributed by atoms with E-state index in [0.29, 0.717) is 0 Å². The van der Waals surface area contributed by atoms with Crippen molar-refractivity contribution in [2.24, 2.45) is 11.8 Å². The number of aryl methyl sites for hydroxylation is 1. The standard InChI is InChI=1S/C14H22N2/c1-11-6-4-5-7-14(11)16(3)10-13-9-15-8-12(13)2/h4-7,12-13,15H,8-10H2,1-3H3. The summed E-state index contributed by atoms with van der Waals surface area (Å²) >= 11 is 0. The van der Waals surface area contributed by atoms with Crippen LogP contribution in [-0.2, 0) is 0 Å². The van der Waals surface area contributed by atoms with Crippen molar-refractivity contribution in [3.05, 3.63) is 29.8 Å². The van der Waals surface area contributed by atoms with Crippen molar-refractivity contribution >= 4 is 5.69 Å². The van der Waals surface area contributed by atoms with Crippen molar-refractivity contribution in [2.75, 3.05) is 31.6 Å². The van der Waals surface area contributed by atoms with Crippen LogP contribution in [0.25, 0.3) is 0 Å². The summed E-state index contributed by atoms with van der Waals surface area (Å²) in [4.78, 5) is 2.39. The Labute approximate surface area is 98.7 Å². The van der Waals surface area contributed by atoms with E-state index < -0.39 is 0 Å². The van der Waals surface area contributed by atoms with E-state index in [1.807, 2.05) is 0 Å². The molecule has 16 heavy (non-hydrogen) atoms. The first-order valence-corrected chi connectivity index (χ1v) is 6.16. The fraction of sp³-hybridized carbons (Fsp3) is 0.571. The van der Waals surface area contributed by atoms with Gasteiger partial charge in [0.1, 0.15) is 0 Å². The zero-order valence-corrected chi connectivity index (χ0v) is 10.5. The fourth-order valence-electron chi connectivity index (χ4n) is 2.55. The minimum atomic E-state index is 0.782. The molecule has 1 aromatic carbocycles. The molecule has 1 fully saturated rings. The fourth-order valence-corrected chi connectivity index (χ4v) is 2.55. The summed E-state index contributed by atoms with van der Waals surface area (Å²) in [5.41, 5.74) is 2.73. The maximum atomic E-state index is 3.47. The summed E-state index contributed by atoms with van der Waals surface area (Å²) in [5.74, 6) is 1.58. The minimum absolute atomic E-state index is 0.782. The lowest BCUT2D eigenvalue weighted by molar-refractivity contribution is 0.455. The monoisotopic (exact) mass is 218 g/mol. The number of para-hydroxylation sites is 1. The van der Waals surface area contributed by atoms with E-state index in [-0.39, 0.29) is 0 Å². The molecule has 1 aliphatic rings. The zero-order valence-electron chi connectivity index (χ0n) is 10.5. The number of nitrogens with zero attached hydrogens (tertiary/aromatic N) is 1. The van der Waals surface area contributed by atoms with Gasteiger partial charge in [-0.2, -0.15) is 0 Å². The smallest absolute Gasteiger partial charge is 0.0393 e. The Morgan fingerprint density at radius 1 is 1.31 bits per heavy atom. The quantitative estimate of drug-likeness (QED) is 0.837. The van der Waals surface area contributed by atoms with Crippen molar-refractivity contribution in [2.45, 2.75) is 13.8 Å². The Morgan fingerprint density at radius 2 is 2.06 bits per heavy atom. The van der Waals surface area contributed by atoms with Crippen molar-refractivity contribution in [3.63, 3.8) is 0 Å². The second-order valence-corrected chi connectivity index (χ2v) is 5.06. The summed E-state index contributed by atoms with van der Waals surface area (Å²) in [6, 6.07) is 8.62. The molecule has 1 aromatic rings. The Bertz CT molecular complexity index is 348. The van der Waals surface area contributed by atoms with Gasteiger partial charge in [-0.1, -0.05) is 25.1 Å². The van der Waals surface area contributed by atoms with E-state index in [4.69, 9.17) is 0 Å². The van der Waals surface area contributed by atoms with Crippen molar-refractivity contribution in [1.29, 1.82) is 0 Å². The highest BCUT2D eigenvalue weighted by molar-refractivity contribution is 5.52. The molecular weight excluding hydrogens is 196 g/mol. The number of benzene rings is 1. The second kappa shape index (κ2) is 4.88. The van der Waals surface area contributed by atoms with Crippen LogP contribution in [0.3, 0.4) is 0 Å². The van der Waals surface area contributed by atoms with Gasteiger partial charge in [0.15, 0.2) is 0 Å². The molecule has 2 atom stereocenters. The van der Waals surface area contributed by atoms with Gasteiger partial charge >= 0.3 is 0 Å². The maximum absolute atomic E-state index is 3.47. The lowest BCUT2D eigenvalue weighted by Crippen LogP contribution is -2.29. The van der Waals surface area contributed by atoms with Gasteiger partial charge in [-0.05, 0) is 43.5 Å². The third kappa shape index (κ3) is 2.38. The lowest BCUT2D eigenvalue weighted by Gasteiger charge is -2.26. The molecule has 2 rings (SSSR count). The van der Waals surface area contributed by atoms with Gasteiger partial charge < -0.3 is 10.2 Å². The topological polar surface area (TPSA) is 15.3 Å². The highest BCUT2D eigenvalue weighted by Gasteiger charge is 2.24. The van der Waals surface area contributed by atoms with Crippen LogP contribution in [-0.4, -0.2) is 26.7 Å². The molecule has 0 saturated carbocycles. The number of hydrogen-bond donors (Lipinski definition) is 1. The third-order valence-corrected chi connectivity index (χ3v) is 3.71. The van der Waals surface area contributed by atoms with E-state index in [0.717, 1.165) is 24.9 Å². The molecule has 1 heterocycles. The van der Waals surface area contributed by atoms with Gasteiger partial charge in [-0.15, -0.1) is 0 Å². The summed E-state index contributed by atoms with van der Waals surface area (Å²) < 4.78 is 0. The molecule has 0 radical (unpaired) electrons. The number of anilines is 1. The van der Waals surface area contributed by atoms with E-state index in [9.17, 15) is 0 Å². The van der Waals surface area contributed by atoms with Crippen LogP contribution >= 0.6 is 0 Å². The van der Waals surface area contributed by atoms with Crippen LogP contribution in [0.2, 0.25) is 0 Å². The maximum Gasteiger partial charge on any atom is 0.0393 e. The molecule has 0 amide bonds. The highest BCUT2D eigenvalue weighted by Crippen LogP contribution is 2.22. The predicted molar refractivity (Wildman–Crippen MR) is 70.0 cm³/mol. The number of hydrogen-bond acceptors (Lipinski definition) is 2. The first kappa shape index (κ1) is 11.5. The highest BCUT2D eigenvalue weighted by atomic mass is 15.1. The molecular formula is C14H22N2. The van der Waals surface area contributed by atoms with E-state index in [2.05, 4.69) is 55.4 Å². The summed E-state index contributed by atoms with van der Waals surface area (Å²) in [6.07, 6.45) is 0. The summed E-state index contributed by atoms with van der Waals surface area (Å²) in [7, 11) is 2.20. The van der Waals surface area contributed by atoms with Gasteiger partial charge in [-0.3, -0.25) is 0 Å². The number of rotatable bonds is 3. The molecule has 0 bridgehead atoms. The van der Waals surface area contributed by atoms with Crippen LogP contribution < -0.4 is 10.2 Å². The molecule has 2 heteroatoms. The van der Waals surface area contributed by atoms with Gasteiger partial charge in [0, 0.05) is 19.3 Å². The average Bonchev–Trinajstić information content (AvgIpc) is 2.65. The van der Waals surface area contributed by atoms with Crippen molar-refractivity contribution < 1.29 is 0 Å². The Balaban J connectivity index is 2.03. The zero-order chi connectivity index (χ0) is 11.5. The van der Waals surface area contributed by atoms with E-state index >= 15 is 0 Å². The van der Waals surface area contributed by atoms with Crippen molar-refractivity contribution in [3.8, 4) is 0 Å². The molecule has 2 nitrogen and oxygen atoms in total. The molecule has 1 aliphatic heterocycles. The van der Waals surface area contributed by atoms with Gasteiger partial charge in [-0.25, -0.2) is 0 Å². The van der Waals surface area contributed by atoms with Gasteiger partial charge in [0.05, 0.1) is 0 Å². The molecule has 2 unspecified atom stereocenters. The summed E-state index contributed by atoms with van der Waals surface area (Å²) in [5, 5.41) is 3.47. The largest absolute Gasteiger partial charge is 0.374 e. The van der Waals surface area contributed by atoms with Gasteiger partial charge in [0.2, 0.25) is 0 Å². The Morgan fingerprint density at radius 3 is 2.69 bits per heavy atom. The third-order valence-electron chi connectivity index (χ3n) is 3.71. The van der Waals surface area contributed by atoms with E-state index in [1.54, 1.807) is 0 Å². The van der Waals surface area contributed by atoms with Gasteiger partial charge in [0.25, 0.3) is 0 Å². The lowest BCUT2D eigenvalue weighted by atomic mass is 9.97. The van der Waals surface area contributed by atoms with Crippen LogP contribution in [0.15, 0.2) is 24.3 Å². The number of nitrogens with one attached hydrogen (secondary N) is 1. The second-order valence-electron chi connectivity index (χ2n) is 5.06. The van der Waals surface area contributed by atoms with E-state index in [1.165, 1.54) is 17.8 Å². The minimum Gasteiger partial charge on any atom is -0.374 e. The normalized spacial score (nSPS) is 24.7. The molecule has 0 spiro atoms. The first-order valence-electron chi connectivity index (χ1n) is 6.16. The molecule has 1 N–H and O–H groups in total. The molecule has 1 saturated heterocycles. The molecule has 88 valence electrons. The average molecular weight is 218 g/mol. The van der Waals surface area contributed by atoms with Crippen LogP contribution in [0, 0.1) is 18.8 Å². The molecule has 0 aliphatic carbocycles. The van der Waals surface area contributed by atoms with Crippen LogP contribution in [0.1, 0.15) is 12.5 Å². The molecule has 0 aromatic heterocycles. The SMILES string of the molecule is Cc1ccccc1N(C)CC1CNCC1C. The van der Waals surface area contributed by atoms with Crippen LogP contribution in [0.4, 0.5) is 5.69 Å². The Kier molecular flexibility index (Phi) is 3.49. The Hall–Kier alpha value is -1.02. The summed E-state index contributed by atoms with van der Waals surface area (Å²) in [6.45, 7) is 8.02.